The second-order valence-corrected chi connectivity index (χ2v) is 3.88. The smallest absolute Gasteiger partial charge is 0.404 e. The van der Waals surface area contributed by atoms with Gasteiger partial charge in [0.15, 0.2) is 0 Å². The maximum Gasteiger partial charge on any atom is 0.404 e. The summed E-state index contributed by atoms with van der Waals surface area (Å²) in [4.78, 5) is 10.2. The number of aliphatic hydroxyl groups excluding tert-OH is 1. The van der Waals surface area contributed by atoms with E-state index in [1.54, 1.807) is 24.3 Å². The van der Waals surface area contributed by atoms with E-state index in [2.05, 4.69) is 5.32 Å². The van der Waals surface area contributed by atoms with Gasteiger partial charge in [-0.3, -0.25) is 0 Å². The number of halogens is 1. The summed E-state index contributed by atoms with van der Waals surface area (Å²) in [5.41, 5.74) is 0.753. The van der Waals surface area contributed by atoms with Gasteiger partial charge in [0.25, 0.3) is 0 Å². The molecule has 1 aromatic carbocycles. The van der Waals surface area contributed by atoms with Gasteiger partial charge >= 0.3 is 6.09 Å². The second-order valence-electron chi connectivity index (χ2n) is 3.44. The van der Waals surface area contributed by atoms with Gasteiger partial charge in [-0.15, -0.1) is 0 Å². The van der Waals surface area contributed by atoms with Crippen LogP contribution in [-0.2, 0) is 0 Å². The van der Waals surface area contributed by atoms with Crippen LogP contribution in [0, 0.1) is 0 Å². The van der Waals surface area contributed by atoms with Crippen molar-refractivity contribution in [1.82, 2.24) is 5.32 Å². The third-order valence-corrected chi connectivity index (χ3v) is 2.40. The molecule has 4 nitrogen and oxygen atoms in total. The van der Waals surface area contributed by atoms with E-state index in [0.29, 0.717) is 24.4 Å². The Kier molecular flexibility index (Phi) is 5.08. The highest BCUT2D eigenvalue weighted by Gasteiger charge is 2.07. The molecule has 1 unspecified atom stereocenters. The van der Waals surface area contributed by atoms with Crippen molar-refractivity contribution in [2.24, 2.45) is 0 Å². The van der Waals surface area contributed by atoms with E-state index in [0.717, 1.165) is 5.56 Å². The van der Waals surface area contributed by atoms with Crippen molar-refractivity contribution in [3.05, 3.63) is 34.9 Å². The normalized spacial score (nSPS) is 12.1. The van der Waals surface area contributed by atoms with Gasteiger partial charge in [0.05, 0.1) is 6.10 Å². The molecule has 0 saturated carbocycles. The Morgan fingerprint density at radius 3 is 2.88 bits per heavy atom. The molecule has 1 amide bonds. The first-order valence-corrected chi connectivity index (χ1v) is 5.37. The lowest BCUT2D eigenvalue weighted by molar-refractivity contribution is 0.162. The van der Waals surface area contributed by atoms with Gasteiger partial charge in [0.2, 0.25) is 0 Å². The molecule has 1 atom stereocenters. The van der Waals surface area contributed by atoms with Crippen LogP contribution in [-0.4, -0.2) is 22.9 Å². The van der Waals surface area contributed by atoms with Crippen LogP contribution in [0.5, 0.6) is 0 Å². The minimum Gasteiger partial charge on any atom is -0.465 e. The van der Waals surface area contributed by atoms with Crippen LogP contribution in [0.1, 0.15) is 24.5 Å². The predicted molar refractivity (Wildman–Crippen MR) is 61.7 cm³/mol. The van der Waals surface area contributed by atoms with Gasteiger partial charge in [0, 0.05) is 11.6 Å². The molecule has 0 aromatic heterocycles. The second kappa shape index (κ2) is 6.35. The summed E-state index contributed by atoms with van der Waals surface area (Å²) in [6.07, 6.45) is -0.563. The zero-order valence-corrected chi connectivity index (χ0v) is 9.44. The number of carbonyl (C=O) groups is 1. The van der Waals surface area contributed by atoms with E-state index in [-0.39, 0.29) is 0 Å². The number of nitrogens with one attached hydrogen (secondary N) is 1. The molecule has 0 heterocycles. The molecule has 88 valence electrons. The molecular formula is C11H14ClNO3. The Morgan fingerprint density at radius 1 is 1.50 bits per heavy atom. The van der Waals surface area contributed by atoms with Gasteiger partial charge in [-0.25, -0.2) is 4.79 Å². The average molecular weight is 244 g/mol. The Morgan fingerprint density at radius 2 is 2.25 bits per heavy atom. The van der Waals surface area contributed by atoms with E-state index in [4.69, 9.17) is 16.7 Å². The van der Waals surface area contributed by atoms with Crippen LogP contribution < -0.4 is 5.32 Å². The number of rotatable bonds is 5. The molecule has 0 spiro atoms. The molecule has 1 rings (SSSR count). The Labute approximate surface area is 98.9 Å². The van der Waals surface area contributed by atoms with Crippen molar-refractivity contribution < 1.29 is 15.0 Å². The third-order valence-electron chi connectivity index (χ3n) is 2.16. The maximum absolute atomic E-state index is 10.2. The number of amides is 1. The van der Waals surface area contributed by atoms with Gasteiger partial charge in [0.1, 0.15) is 0 Å². The van der Waals surface area contributed by atoms with Crippen molar-refractivity contribution in [1.29, 1.82) is 0 Å². The van der Waals surface area contributed by atoms with Crippen molar-refractivity contribution in [2.45, 2.75) is 18.9 Å². The zero-order chi connectivity index (χ0) is 12.0. The fraction of sp³-hybridized carbons (Fsp3) is 0.364. The van der Waals surface area contributed by atoms with Crippen LogP contribution in [0.2, 0.25) is 5.02 Å². The average Bonchev–Trinajstić information content (AvgIpc) is 2.24. The van der Waals surface area contributed by atoms with Crippen molar-refractivity contribution >= 4 is 17.7 Å². The number of aliphatic hydroxyl groups is 1. The number of benzene rings is 1. The first-order chi connectivity index (χ1) is 7.59. The van der Waals surface area contributed by atoms with Crippen LogP contribution in [0.15, 0.2) is 24.3 Å². The van der Waals surface area contributed by atoms with Crippen molar-refractivity contribution in [2.75, 3.05) is 6.54 Å². The van der Waals surface area contributed by atoms with E-state index in [9.17, 15) is 9.90 Å². The summed E-state index contributed by atoms with van der Waals surface area (Å²) in [5.74, 6) is 0. The summed E-state index contributed by atoms with van der Waals surface area (Å²) in [6.45, 7) is 0.340. The third kappa shape index (κ3) is 4.51. The highest BCUT2D eigenvalue weighted by atomic mass is 35.5. The number of hydrogen-bond acceptors (Lipinski definition) is 2. The van der Waals surface area contributed by atoms with Gasteiger partial charge in [-0.05, 0) is 30.5 Å². The van der Waals surface area contributed by atoms with E-state index >= 15 is 0 Å². The van der Waals surface area contributed by atoms with E-state index in [1.807, 2.05) is 0 Å². The lowest BCUT2D eigenvalue weighted by Gasteiger charge is -2.10. The monoisotopic (exact) mass is 243 g/mol. The van der Waals surface area contributed by atoms with Crippen LogP contribution >= 0.6 is 11.6 Å². The standard InChI is InChI=1S/C11H14ClNO3/c12-9-4-1-3-8(7-9)10(14)5-2-6-13-11(15)16/h1,3-4,7,10,13-14H,2,5-6H2,(H,15,16). The largest absolute Gasteiger partial charge is 0.465 e. The SMILES string of the molecule is O=C(O)NCCCC(O)c1cccc(Cl)c1. The lowest BCUT2D eigenvalue weighted by Crippen LogP contribution is -2.22. The van der Waals surface area contributed by atoms with Gasteiger partial charge in [-0.1, -0.05) is 23.7 Å². The molecule has 0 aliphatic carbocycles. The summed E-state index contributed by atoms with van der Waals surface area (Å²) in [6, 6.07) is 7.01. The molecule has 0 aliphatic rings. The first kappa shape index (κ1) is 12.8. The van der Waals surface area contributed by atoms with E-state index in [1.165, 1.54) is 0 Å². The van der Waals surface area contributed by atoms with Gasteiger partial charge in [-0.2, -0.15) is 0 Å². The number of hydrogen-bond donors (Lipinski definition) is 3. The van der Waals surface area contributed by atoms with Gasteiger partial charge < -0.3 is 15.5 Å². The van der Waals surface area contributed by atoms with Crippen molar-refractivity contribution in [3.63, 3.8) is 0 Å². The quantitative estimate of drug-likeness (QED) is 0.696. The van der Waals surface area contributed by atoms with E-state index < -0.39 is 12.2 Å². The number of carboxylic acid groups (broad SMARTS) is 1. The molecule has 0 saturated heterocycles. The molecule has 0 bridgehead atoms. The Hall–Kier alpha value is -1.26. The fourth-order valence-electron chi connectivity index (χ4n) is 1.37. The summed E-state index contributed by atoms with van der Waals surface area (Å²) in [5, 5.41) is 20.9. The topological polar surface area (TPSA) is 69.6 Å². The molecule has 5 heteroatoms. The predicted octanol–water partition coefficient (Wildman–Crippen LogP) is 2.42. The molecule has 3 N–H and O–H groups in total. The zero-order valence-electron chi connectivity index (χ0n) is 8.69. The summed E-state index contributed by atoms with van der Waals surface area (Å²) in [7, 11) is 0. The molecule has 0 radical (unpaired) electrons. The Bertz CT molecular complexity index is 357. The molecule has 0 aliphatic heterocycles. The molecular weight excluding hydrogens is 230 g/mol. The first-order valence-electron chi connectivity index (χ1n) is 5.00. The summed E-state index contributed by atoms with van der Waals surface area (Å²) < 4.78 is 0. The molecule has 0 fully saturated rings. The summed E-state index contributed by atoms with van der Waals surface area (Å²) >= 11 is 5.79. The molecule has 16 heavy (non-hydrogen) atoms. The molecule has 1 aromatic rings. The lowest BCUT2D eigenvalue weighted by atomic mass is 10.1. The fourth-order valence-corrected chi connectivity index (χ4v) is 1.57. The highest BCUT2D eigenvalue weighted by molar-refractivity contribution is 6.30. The highest BCUT2D eigenvalue weighted by Crippen LogP contribution is 2.20. The maximum atomic E-state index is 10.2. The van der Waals surface area contributed by atoms with Crippen LogP contribution in [0.4, 0.5) is 4.79 Å². The van der Waals surface area contributed by atoms with Crippen LogP contribution in [0.3, 0.4) is 0 Å². The Balaban J connectivity index is 2.35. The minimum absolute atomic E-state index is 0.340. The minimum atomic E-state index is -1.04. The van der Waals surface area contributed by atoms with Crippen LogP contribution in [0.25, 0.3) is 0 Å². The van der Waals surface area contributed by atoms with Crippen molar-refractivity contribution in [3.8, 4) is 0 Å².